The van der Waals surface area contributed by atoms with Crippen molar-refractivity contribution >= 4 is 11.0 Å². The van der Waals surface area contributed by atoms with Crippen molar-refractivity contribution in [2.24, 2.45) is 0 Å². The molecule has 0 fully saturated rings. The Morgan fingerprint density at radius 3 is 2.58 bits per heavy atom. The molecule has 0 unspecified atom stereocenters. The van der Waals surface area contributed by atoms with Crippen molar-refractivity contribution in [2.45, 2.75) is 26.2 Å². The zero-order valence-electron chi connectivity index (χ0n) is 13.6. The van der Waals surface area contributed by atoms with E-state index < -0.39 is 0 Å². The number of phenols is 1. The predicted octanol–water partition coefficient (Wildman–Crippen LogP) is 4.73. The van der Waals surface area contributed by atoms with Crippen LogP contribution < -0.4 is 10.2 Å². The maximum absolute atomic E-state index is 13.0. The van der Waals surface area contributed by atoms with Crippen molar-refractivity contribution < 1.29 is 14.3 Å². The standard InChI is InChI=1S/C20H20O4/c1-2-3-7-13-23-20-17(14-9-5-4-6-10-14)19(22)18-15(21)11-8-12-16(18)24-20/h4-6,8-12,21H,2-3,7,13H2,1H3. The van der Waals surface area contributed by atoms with Crippen molar-refractivity contribution in [3.05, 3.63) is 58.8 Å². The van der Waals surface area contributed by atoms with Crippen LogP contribution in [0.2, 0.25) is 0 Å². The number of ether oxygens (including phenoxy) is 1. The third-order valence-corrected chi connectivity index (χ3v) is 3.91. The Labute approximate surface area is 140 Å². The predicted molar refractivity (Wildman–Crippen MR) is 94.6 cm³/mol. The van der Waals surface area contributed by atoms with Crippen LogP contribution in [0.5, 0.6) is 11.7 Å². The summed E-state index contributed by atoms with van der Waals surface area (Å²) in [6, 6.07) is 14.0. The van der Waals surface area contributed by atoms with Crippen LogP contribution in [0.25, 0.3) is 22.1 Å². The van der Waals surface area contributed by atoms with Crippen molar-refractivity contribution in [1.29, 1.82) is 0 Å². The summed E-state index contributed by atoms with van der Waals surface area (Å²) in [5.41, 5.74) is 1.10. The molecule has 1 aromatic heterocycles. The van der Waals surface area contributed by atoms with Crippen LogP contribution >= 0.6 is 0 Å². The highest BCUT2D eigenvalue weighted by Crippen LogP contribution is 2.33. The van der Waals surface area contributed by atoms with Crippen LogP contribution in [0, 0.1) is 0 Å². The minimum atomic E-state index is -0.286. The highest BCUT2D eigenvalue weighted by Gasteiger charge is 2.19. The third-order valence-electron chi connectivity index (χ3n) is 3.91. The maximum atomic E-state index is 13.0. The van der Waals surface area contributed by atoms with Gasteiger partial charge in [-0.15, -0.1) is 0 Å². The Hall–Kier alpha value is -2.75. The molecule has 0 saturated carbocycles. The van der Waals surface area contributed by atoms with Crippen molar-refractivity contribution in [1.82, 2.24) is 0 Å². The summed E-state index contributed by atoms with van der Waals surface area (Å²) in [6.07, 6.45) is 3.04. The van der Waals surface area contributed by atoms with E-state index in [4.69, 9.17) is 9.15 Å². The van der Waals surface area contributed by atoms with Crippen LogP contribution in [0.3, 0.4) is 0 Å². The first-order valence-electron chi connectivity index (χ1n) is 8.19. The Kier molecular flexibility index (Phi) is 4.85. The number of rotatable bonds is 6. The van der Waals surface area contributed by atoms with Gasteiger partial charge in [0.1, 0.15) is 22.3 Å². The second-order valence-corrected chi connectivity index (χ2v) is 5.67. The molecule has 0 spiro atoms. The van der Waals surface area contributed by atoms with Gasteiger partial charge in [0.25, 0.3) is 5.95 Å². The molecule has 1 heterocycles. The van der Waals surface area contributed by atoms with E-state index in [1.807, 2.05) is 30.3 Å². The van der Waals surface area contributed by atoms with E-state index in [0.29, 0.717) is 23.3 Å². The largest absolute Gasteiger partial charge is 0.507 e. The Morgan fingerprint density at radius 1 is 1.04 bits per heavy atom. The second-order valence-electron chi connectivity index (χ2n) is 5.67. The lowest BCUT2D eigenvalue weighted by Gasteiger charge is -2.11. The average molecular weight is 324 g/mol. The first-order valence-corrected chi connectivity index (χ1v) is 8.19. The molecule has 4 nitrogen and oxygen atoms in total. The van der Waals surface area contributed by atoms with E-state index in [0.717, 1.165) is 19.3 Å². The first kappa shape index (κ1) is 16.1. The maximum Gasteiger partial charge on any atom is 0.297 e. The van der Waals surface area contributed by atoms with E-state index in [2.05, 4.69) is 6.92 Å². The Balaban J connectivity index is 2.15. The molecule has 0 aliphatic carbocycles. The lowest BCUT2D eigenvalue weighted by molar-refractivity contribution is 0.241. The summed E-state index contributed by atoms with van der Waals surface area (Å²) in [5.74, 6) is 0.122. The summed E-state index contributed by atoms with van der Waals surface area (Å²) in [7, 11) is 0. The summed E-state index contributed by atoms with van der Waals surface area (Å²) < 4.78 is 11.6. The van der Waals surface area contributed by atoms with Gasteiger partial charge < -0.3 is 14.3 Å². The van der Waals surface area contributed by atoms with Gasteiger partial charge in [-0.3, -0.25) is 4.79 Å². The van der Waals surface area contributed by atoms with Crippen LogP contribution in [-0.2, 0) is 0 Å². The highest BCUT2D eigenvalue weighted by atomic mass is 16.6. The second kappa shape index (κ2) is 7.21. The van der Waals surface area contributed by atoms with Crippen molar-refractivity contribution in [3.8, 4) is 22.8 Å². The number of fused-ring (bicyclic) bond motifs is 1. The van der Waals surface area contributed by atoms with Crippen molar-refractivity contribution in [3.63, 3.8) is 0 Å². The molecule has 2 aromatic carbocycles. The minimum absolute atomic E-state index is 0.0871. The van der Waals surface area contributed by atoms with Crippen LogP contribution in [-0.4, -0.2) is 11.7 Å². The molecule has 3 rings (SSSR count). The molecule has 0 atom stereocenters. The molecule has 0 radical (unpaired) electrons. The average Bonchev–Trinajstić information content (AvgIpc) is 2.59. The lowest BCUT2D eigenvalue weighted by atomic mass is 10.0. The lowest BCUT2D eigenvalue weighted by Crippen LogP contribution is -2.09. The van der Waals surface area contributed by atoms with Gasteiger partial charge in [-0.2, -0.15) is 0 Å². The van der Waals surface area contributed by atoms with Gasteiger partial charge in [-0.25, -0.2) is 0 Å². The molecule has 0 aliphatic rings. The smallest absolute Gasteiger partial charge is 0.297 e. The van der Waals surface area contributed by atoms with Gasteiger partial charge in [0.15, 0.2) is 0 Å². The molecule has 3 aromatic rings. The van der Waals surface area contributed by atoms with E-state index in [1.54, 1.807) is 12.1 Å². The Bertz CT molecular complexity index is 881. The molecule has 0 bridgehead atoms. The number of hydrogen-bond donors (Lipinski definition) is 1. The van der Waals surface area contributed by atoms with Crippen LogP contribution in [0.15, 0.2) is 57.7 Å². The van der Waals surface area contributed by atoms with Gasteiger partial charge in [0.2, 0.25) is 5.43 Å². The van der Waals surface area contributed by atoms with Gasteiger partial charge in [0, 0.05) is 0 Å². The van der Waals surface area contributed by atoms with Crippen molar-refractivity contribution in [2.75, 3.05) is 6.61 Å². The molecular formula is C20H20O4. The number of aromatic hydroxyl groups is 1. The zero-order valence-corrected chi connectivity index (χ0v) is 13.6. The number of hydrogen-bond acceptors (Lipinski definition) is 4. The fraction of sp³-hybridized carbons (Fsp3) is 0.250. The molecular weight excluding hydrogens is 304 g/mol. The fourth-order valence-corrected chi connectivity index (χ4v) is 2.67. The quantitative estimate of drug-likeness (QED) is 0.666. The molecule has 124 valence electrons. The monoisotopic (exact) mass is 324 g/mol. The van der Waals surface area contributed by atoms with Gasteiger partial charge in [0.05, 0.1) is 6.61 Å². The summed E-state index contributed by atoms with van der Waals surface area (Å²) in [4.78, 5) is 13.0. The van der Waals surface area contributed by atoms with E-state index in [9.17, 15) is 9.90 Å². The van der Waals surface area contributed by atoms with Crippen LogP contribution in [0.4, 0.5) is 0 Å². The number of benzene rings is 2. The van der Waals surface area contributed by atoms with E-state index in [1.165, 1.54) is 6.07 Å². The molecule has 0 amide bonds. The molecule has 24 heavy (non-hydrogen) atoms. The van der Waals surface area contributed by atoms with Gasteiger partial charge in [-0.1, -0.05) is 56.2 Å². The molecule has 0 aliphatic heterocycles. The van der Waals surface area contributed by atoms with Gasteiger partial charge >= 0.3 is 0 Å². The first-order chi connectivity index (χ1) is 11.7. The molecule has 4 heteroatoms. The summed E-state index contributed by atoms with van der Waals surface area (Å²) in [6.45, 7) is 2.61. The topological polar surface area (TPSA) is 59.7 Å². The van der Waals surface area contributed by atoms with Gasteiger partial charge in [-0.05, 0) is 24.1 Å². The molecule has 1 N–H and O–H groups in total. The summed E-state index contributed by atoms with van der Waals surface area (Å²) in [5, 5.41) is 10.2. The number of phenolic OH excluding ortho intramolecular Hbond substituents is 1. The normalized spacial score (nSPS) is 10.9. The number of unbranched alkanes of at least 4 members (excludes halogenated alkanes) is 2. The third kappa shape index (κ3) is 3.13. The van der Waals surface area contributed by atoms with Crippen LogP contribution in [0.1, 0.15) is 26.2 Å². The zero-order chi connectivity index (χ0) is 16.9. The Morgan fingerprint density at radius 2 is 1.83 bits per heavy atom. The van der Waals surface area contributed by atoms with E-state index >= 15 is 0 Å². The SMILES string of the molecule is CCCCCOc1oc2cccc(O)c2c(=O)c1-c1ccccc1. The minimum Gasteiger partial charge on any atom is -0.507 e. The summed E-state index contributed by atoms with van der Waals surface area (Å²) >= 11 is 0. The molecule has 0 saturated heterocycles. The van der Waals surface area contributed by atoms with E-state index in [-0.39, 0.29) is 22.5 Å². The highest BCUT2D eigenvalue weighted by molar-refractivity contribution is 5.88. The fourth-order valence-electron chi connectivity index (χ4n) is 2.67.